The first-order valence-corrected chi connectivity index (χ1v) is 5.65. The maximum Gasteiger partial charge on any atom is 0.0678 e. The van der Waals surface area contributed by atoms with Crippen LogP contribution in [0.25, 0.3) is 10.9 Å². The highest BCUT2D eigenvalue weighted by Crippen LogP contribution is 2.27. The van der Waals surface area contributed by atoms with Gasteiger partial charge in [-0.1, -0.05) is 23.7 Å². The van der Waals surface area contributed by atoms with E-state index >= 15 is 0 Å². The van der Waals surface area contributed by atoms with Crippen molar-refractivity contribution in [1.82, 2.24) is 4.98 Å². The van der Waals surface area contributed by atoms with Crippen LogP contribution in [0.15, 0.2) is 24.4 Å². The highest BCUT2D eigenvalue weighted by atomic mass is 35.5. The third-order valence-electron chi connectivity index (χ3n) is 2.64. The molecule has 2 aromatic rings. The lowest BCUT2D eigenvalue weighted by atomic mass is 10.1. The molecule has 1 heterocycles. The zero-order valence-corrected chi connectivity index (χ0v) is 9.35. The number of nitrogens with two attached hydrogens (primary N) is 1. The van der Waals surface area contributed by atoms with Gasteiger partial charge in [-0.15, -0.1) is 0 Å². The minimum absolute atomic E-state index is 0.752. The van der Waals surface area contributed by atoms with Crippen molar-refractivity contribution in [2.24, 2.45) is 5.73 Å². The summed E-state index contributed by atoms with van der Waals surface area (Å²) in [6.45, 7) is 0.752. The Bertz CT molecular complexity index is 448. The molecule has 1 aromatic carbocycles. The summed E-state index contributed by atoms with van der Waals surface area (Å²) in [5, 5.41) is 2.03. The molecule has 15 heavy (non-hydrogen) atoms. The highest BCUT2D eigenvalue weighted by molar-refractivity contribution is 6.35. The Labute approximate surface area is 94.4 Å². The van der Waals surface area contributed by atoms with Gasteiger partial charge in [-0.25, -0.2) is 0 Å². The molecule has 2 nitrogen and oxygen atoms in total. The Morgan fingerprint density at radius 2 is 2.07 bits per heavy atom. The highest BCUT2D eigenvalue weighted by Gasteiger charge is 2.05. The second kappa shape index (κ2) is 4.69. The number of hydrogen-bond donors (Lipinski definition) is 2. The van der Waals surface area contributed by atoms with Gasteiger partial charge in [0.15, 0.2) is 0 Å². The largest absolute Gasteiger partial charge is 0.360 e. The van der Waals surface area contributed by atoms with Gasteiger partial charge in [-0.05, 0) is 37.4 Å². The number of rotatable bonds is 4. The van der Waals surface area contributed by atoms with E-state index in [9.17, 15) is 0 Å². The number of hydrogen-bond acceptors (Lipinski definition) is 1. The quantitative estimate of drug-likeness (QED) is 0.767. The summed E-state index contributed by atoms with van der Waals surface area (Å²) in [5.41, 5.74) is 7.72. The third kappa shape index (κ3) is 2.16. The molecule has 0 aliphatic carbocycles. The molecule has 0 amide bonds. The maximum atomic E-state index is 6.30. The number of unbranched alkanes of at least 4 members (excludes halogenated alkanes) is 1. The Balaban J connectivity index is 2.23. The molecule has 1 aromatic heterocycles. The van der Waals surface area contributed by atoms with Gasteiger partial charge >= 0.3 is 0 Å². The molecule has 3 heteroatoms. The van der Waals surface area contributed by atoms with Crippen molar-refractivity contribution in [2.75, 3.05) is 6.54 Å². The Kier molecular flexibility index (Phi) is 3.29. The second-order valence-corrected chi connectivity index (χ2v) is 4.10. The smallest absolute Gasteiger partial charge is 0.0678 e. The summed E-state index contributed by atoms with van der Waals surface area (Å²) in [6.07, 6.45) is 5.08. The molecule has 3 N–H and O–H groups in total. The fourth-order valence-electron chi connectivity index (χ4n) is 1.79. The van der Waals surface area contributed by atoms with Crippen molar-refractivity contribution in [3.63, 3.8) is 0 Å². The standard InChI is InChI=1S/C12H15ClN2/c13-11-9(3-1-2-7-14)4-5-10-6-8-15-12(10)11/h4-6,8,15H,1-3,7,14H2. The number of fused-ring (bicyclic) bond motifs is 1. The van der Waals surface area contributed by atoms with Crippen molar-refractivity contribution in [3.05, 3.63) is 35.0 Å². The summed E-state index contributed by atoms with van der Waals surface area (Å²) >= 11 is 6.30. The predicted molar refractivity (Wildman–Crippen MR) is 65.3 cm³/mol. The minimum Gasteiger partial charge on any atom is -0.360 e. The summed E-state index contributed by atoms with van der Waals surface area (Å²) < 4.78 is 0. The van der Waals surface area contributed by atoms with Gasteiger partial charge in [0.1, 0.15) is 0 Å². The van der Waals surface area contributed by atoms with Crippen molar-refractivity contribution in [2.45, 2.75) is 19.3 Å². The molecule has 80 valence electrons. The van der Waals surface area contributed by atoms with Gasteiger partial charge in [-0.2, -0.15) is 0 Å². The zero-order chi connectivity index (χ0) is 10.7. The number of aromatic nitrogens is 1. The van der Waals surface area contributed by atoms with Gasteiger partial charge in [0, 0.05) is 11.6 Å². The van der Waals surface area contributed by atoms with E-state index in [1.165, 1.54) is 10.9 Å². The van der Waals surface area contributed by atoms with Crippen molar-refractivity contribution in [1.29, 1.82) is 0 Å². The van der Waals surface area contributed by atoms with Crippen molar-refractivity contribution >= 4 is 22.5 Å². The zero-order valence-electron chi connectivity index (χ0n) is 8.59. The molecule has 0 aliphatic heterocycles. The lowest BCUT2D eigenvalue weighted by Crippen LogP contribution is -1.99. The van der Waals surface area contributed by atoms with Crippen LogP contribution in [0.2, 0.25) is 5.02 Å². The molecule has 0 bridgehead atoms. The number of halogens is 1. The van der Waals surface area contributed by atoms with Crippen LogP contribution in [0.1, 0.15) is 18.4 Å². The first kappa shape index (κ1) is 10.5. The summed E-state index contributed by atoms with van der Waals surface area (Å²) in [6, 6.07) is 6.25. The first-order chi connectivity index (χ1) is 7.33. The molecule has 0 saturated heterocycles. The number of nitrogens with one attached hydrogen (secondary N) is 1. The maximum absolute atomic E-state index is 6.30. The SMILES string of the molecule is NCCCCc1ccc2cc[nH]c2c1Cl. The Morgan fingerprint density at radius 1 is 1.20 bits per heavy atom. The van der Waals surface area contributed by atoms with Gasteiger partial charge < -0.3 is 10.7 Å². The van der Waals surface area contributed by atoms with Crippen LogP contribution in [-0.4, -0.2) is 11.5 Å². The molecule has 0 unspecified atom stereocenters. The Hall–Kier alpha value is -0.990. The molecule has 2 rings (SSSR count). The fourth-order valence-corrected chi connectivity index (χ4v) is 2.11. The third-order valence-corrected chi connectivity index (χ3v) is 3.08. The van der Waals surface area contributed by atoms with Crippen LogP contribution in [-0.2, 0) is 6.42 Å². The first-order valence-electron chi connectivity index (χ1n) is 5.27. The number of aromatic amines is 1. The van der Waals surface area contributed by atoms with E-state index < -0.39 is 0 Å². The average molecular weight is 223 g/mol. The van der Waals surface area contributed by atoms with E-state index in [4.69, 9.17) is 17.3 Å². The van der Waals surface area contributed by atoms with Crippen LogP contribution >= 0.6 is 11.6 Å². The second-order valence-electron chi connectivity index (χ2n) is 3.73. The van der Waals surface area contributed by atoms with E-state index in [2.05, 4.69) is 17.1 Å². The van der Waals surface area contributed by atoms with Gasteiger partial charge in [0.2, 0.25) is 0 Å². The molecule has 0 spiro atoms. The van der Waals surface area contributed by atoms with Crippen molar-refractivity contribution < 1.29 is 0 Å². The van der Waals surface area contributed by atoms with E-state index in [0.717, 1.165) is 36.3 Å². The average Bonchev–Trinajstić information content (AvgIpc) is 2.70. The monoisotopic (exact) mass is 222 g/mol. The van der Waals surface area contributed by atoms with E-state index in [-0.39, 0.29) is 0 Å². The van der Waals surface area contributed by atoms with E-state index in [1.54, 1.807) is 0 Å². The van der Waals surface area contributed by atoms with Crippen LogP contribution in [0.5, 0.6) is 0 Å². The molecule has 0 fully saturated rings. The lowest BCUT2D eigenvalue weighted by Gasteiger charge is -2.04. The van der Waals surface area contributed by atoms with E-state index in [0.29, 0.717) is 0 Å². The van der Waals surface area contributed by atoms with Gasteiger partial charge in [0.05, 0.1) is 10.5 Å². The molecule has 0 atom stereocenters. The summed E-state index contributed by atoms with van der Waals surface area (Å²) in [4.78, 5) is 3.16. The van der Waals surface area contributed by atoms with Crippen LogP contribution in [0.3, 0.4) is 0 Å². The number of aryl methyl sites for hydroxylation is 1. The summed E-state index contributed by atoms with van der Waals surface area (Å²) in [7, 11) is 0. The van der Waals surface area contributed by atoms with E-state index in [1.807, 2.05) is 12.3 Å². The summed E-state index contributed by atoms with van der Waals surface area (Å²) in [5.74, 6) is 0. The predicted octanol–water partition coefficient (Wildman–Crippen LogP) is 3.10. The molecular formula is C12H15ClN2. The van der Waals surface area contributed by atoms with Gasteiger partial charge in [-0.3, -0.25) is 0 Å². The Morgan fingerprint density at radius 3 is 2.87 bits per heavy atom. The van der Waals surface area contributed by atoms with Gasteiger partial charge in [0.25, 0.3) is 0 Å². The minimum atomic E-state index is 0.752. The van der Waals surface area contributed by atoms with Crippen LogP contribution in [0, 0.1) is 0 Å². The normalized spacial score (nSPS) is 11.1. The van der Waals surface area contributed by atoms with Crippen LogP contribution in [0.4, 0.5) is 0 Å². The number of H-pyrrole nitrogens is 1. The molecule has 0 saturated carbocycles. The van der Waals surface area contributed by atoms with Crippen molar-refractivity contribution in [3.8, 4) is 0 Å². The fraction of sp³-hybridized carbons (Fsp3) is 0.333. The van der Waals surface area contributed by atoms with Crippen LogP contribution < -0.4 is 5.73 Å². The molecule has 0 aliphatic rings. The lowest BCUT2D eigenvalue weighted by molar-refractivity contribution is 0.745. The molecular weight excluding hydrogens is 208 g/mol. The topological polar surface area (TPSA) is 41.8 Å². The number of benzene rings is 1. The molecule has 0 radical (unpaired) electrons.